The monoisotopic (exact) mass is 659 g/mol. The summed E-state index contributed by atoms with van der Waals surface area (Å²) >= 11 is 0. The number of hydrogen-bond acceptors (Lipinski definition) is 3. The first-order valence-electron chi connectivity index (χ1n) is 18.3. The molecule has 5 fully saturated rings. The Hall–Kier alpha value is -2.34. The predicted octanol–water partition coefficient (Wildman–Crippen LogP) is 8.95. The van der Waals surface area contributed by atoms with Crippen molar-refractivity contribution in [3.8, 4) is 0 Å². The number of carbonyl (C=O) groups excluding carboxylic acids is 1. The van der Waals surface area contributed by atoms with Crippen LogP contribution in [0.1, 0.15) is 128 Å². The van der Waals surface area contributed by atoms with E-state index in [-0.39, 0.29) is 38.7 Å². The van der Waals surface area contributed by atoms with E-state index in [1.807, 2.05) is 12.1 Å². The van der Waals surface area contributed by atoms with Gasteiger partial charge in [-0.2, -0.15) is 0 Å². The molecule has 10 atom stereocenters. The lowest BCUT2D eigenvalue weighted by Gasteiger charge is -2.72. The molecule has 0 heterocycles. The number of nitrogens with one attached hydrogen (secondary N) is 1. The van der Waals surface area contributed by atoms with Crippen molar-refractivity contribution in [3.63, 3.8) is 0 Å². The fourth-order valence-electron chi connectivity index (χ4n) is 13.2. The van der Waals surface area contributed by atoms with E-state index in [1.54, 1.807) is 12.1 Å². The molecule has 256 valence electrons. The van der Waals surface area contributed by atoms with Crippen LogP contribution in [0.5, 0.6) is 0 Å². The van der Waals surface area contributed by atoms with Gasteiger partial charge in [0.1, 0.15) is 0 Å². The first-order valence-corrected chi connectivity index (χ1v) is 20.1. The molecule has 6 heteroatoms. The van der Waals surface area contributed by atoms with Crippen molar-refractivity contribution < 1.29 is 18.9 Å². The zero-order valence-corrected chi connectivity index (χ0v) is 30.4. The summed E-state index contributed by atoms with van der Waals surface area (Å²) in [5.41, 5.74) is 3.96. The van der Waals surface area contributed by atoms with Gasteiger partial charge in [-0.1, -0.05) is 65.0 Å². The smallest absolute Gasteiger partial charge is 0.335 e. The van der Waals surface area contributed by atoms with E-state index in [1.165, 1.54) is 30.4 Å². The highest BCUT2D eigenvalue weighted by Crippen LogP contribution is 2.77. The zero-order valence-electron chi connectivity index (χ0n) is 29.6. The summed E-state index contributed by atoms with van der Waals surface area (Å²) in [6, 6.07) is 7.49. The fraction of sp³-hybridized carbons (Fsp3) is 0.683. The topological polar surface area (TPSA) is 83.5 Å². The highest BCUT2D eigenvalue weighted by molar-refractivity contribution is 7.99. The quantitative estimate of drug-likeness (QED) is 0.236. The van der Waals surface area contributed by atoms with Crippen molar-refractivity contribution in [2.45, 2.75) is 117 Å². The minimum absolute atomic E-state index is 0.0197. The molecule has 6 aliphatic rings. The average molecular weight is 660 g/mol. The molecule has 47 heavy (non-hydrogen) atoms. The van der Waals surface area contributed by atoms with Crippen LogP contribution in [-0.4, -0.2) is 32.3 Å². The van der Waals surface area contributed by atoms with E-state index in [9.17, 15) is 18.9 Å². The van der Waals surface area contributed by atoms with Gasteiger partial charge in [-0.3, -0.25) is 9.52 Å². The van der Waals surface area contributed by atoms with E-state index in [4.69, 9.17) is 0 Å². The van der Waals surface area contributed by atoms with Crippen molar-refractivity contribution in [3.05, 3.63) is 53.6 Å². The lowest BCUT2D eigenvalue weighted by molar-refractivity contribution is -0.224. The van der Waals surface area contributed by atoms with Gasteiger partial charge >= 0.3 is 5.97 Å². The Morgan fingerprint density at radius 2 is 1.55 bits per heavy atom. The Balaban J connectivity index is 1.23. The molecule has 5 saturated carbocycles. The van der Waals surface area contributed by atoms with Gasteiger partial charge in [-0.25, -0.2) is 9.00 Å². The van der Waals surface area contributed by atoms with Crippen LogP contribution in [-0.2, 0) is 14.5 Å². The maximum atomic E-state index is 14.4. The van der Waals surface area contributed by atoms with Gasteiger partial charge < -0.3 is 5.11 Å². The molecule has 7 rings (SSSR count). The molecular formula is C41H57NO4S. The zero-order chi connectivity index (χ0) is 33.9. The summed E-state index contributed by atoms with van der Waals surface area (Å²) in [6.45, 7) is 19.3. The number of amides is 1. The molecular weight excluding hydrogens is 603 g/mol. The van der Waals surface area contributed by atoms with Crippen LogP contribution in [0.3, 0.4) is 0 Å². The first kappa shape index (κ1) is 33.2. The summed E-state index contributed by atoms with van der Waals surface area (Å²) < 4.78 is 16.5. The van der Waals surface area contributed by atoms with Crippen LogP contribution < -0.4 is 4.72 Å². The van der Waals surface area contributed by atoms with Crippen LogP contribution in [0.4, 0.5) is 0 Å². The van der Waals surface area contributed by atoms with Gasteiger partial charge in [0.05, 0.1) is 20.7 Å². The first-order chi connectivity index (χ1) is 21.9. The predicted molar refractivity (Wildman–Crippen MR) is 192 cm³/mol. The Labute approximate surface area is 283 Å². The third-order valence-corrected chi connectivity index (χ3v) is 17.9. The van der Waals surface area contributed by atoms with Crippen LogP contribution >= 0.6 is 0 Å². The fourth-order valence-corrected chi connectivity index (χ4v) is 14.8. The van der Waals surface area contributed by atoms with Gasteiger partial charge in [-0.05, 0) is 158 Å². The molecule has 1 aromatic rings. The van der Waals surface area contributed by atoms with Crippen molar-refractivity contribution in [1.82, 2.24) is 4.72 Å². The number of carbonyl (C=O) groups is 2. The highest BCUT2D eigenvalue weighted by Gasteiger charge is 2.71. The number of rotatable bonds is 6. The van der Waals surface area contributed by atoms with E-state index in [0.29, 0.717) is 29.2 Å². The second-order valence-electron chi connectivity index (χ2n) is 18.1. The molecule has 6 aliphatic carbocycles. The summed E-state index contributed by atoms with van der Waals surface area (Å²) in [5.74, 6) is 5.28. The molecule has 0 aliphatic heterocycles. The van der Waals surface area contributed by atoms with E-state index in [0.717, 1.165) is 56.9 Å². The van der Waals surface area contributed by atoms with Gasteiger partial charge in [0.15, 0.2) is 0 Å². The minimum Gasteiger partial charge on any atom is -0.478 e. The van der Waals surface area contributed by atoms with Gasteiger partial charge in [0, 0.05) is 5.25 Å². The van der Waals surface area contributed by atoms with Gasteiger partial charge in [0.2, 0.25) is 5.91 Å². The van der Waals surface area contributed by atoms with Crippen molar-refractivity contribution in [2.24, 2.45) is 56.7 Å². The number of fused-ring (bicyclic) bond motifs is 7. The number of allylic oxidation sites excluding steroid dienone is 3. The van der Waals surface area contributed by atoms with Crippen LogP contribution in [0, 0.1) is 56.7 Å². The number of aromatic carboxylic acids is 1. The average Bonchev–Trinajstić information content (AvgIpc) is 3.78. The number of hydrogen-bond donors (Lipinski definition) is 2. The third-order valence-electron chi connectivity index (χ3n) is 15.9. The van der Waals surface area contributed by atoms with Crippen molar-refractivity contribution in [2.75, 3.05) is 0 Å². The molecule has 0 radical (unpaired) electrons. The summed E-state index contributed by atoms with van der Waals surface area (Å²) in [7, 11) is -2.61. The molecule has 1 amide bonds. The Kier molecular flexibility index (Phi) is 7.47. The largest absolute Gasteiger partial charge is 0.478 e. The number of benzene rings is 1. The molecule has 1 aromatic carbocycles. The highest BCUT2D eigenvalue weighted by atomic mass is 32.2. The third kappa shape index (κ3) is 4.58. The molecule has 0 spiro atoms. The molecule has 0 aromatic heterocycles. The van der Waals surface area contributed by atoms with Gasteiger partial charge in [0.25, 0.3) is 0 Å². The molecule has 1 unspecified atom stereocenters. The maximum absolute atomic E-state index is 14.4. The maximum Gasteiger partial charge on any atom is 0.335 e. The number of carboxylic acids is 1. The van der Waals surface area contributed by atoms with E-state index < -0.39 is 21.1 Å². The van der Waals surface area contributed by atoms with E-state index in [2.05, 4.69) is 64.8 Å². The van der Waals surface area contributed by atoms with Crippen LogP contribution in [0.25, 0.3) is 5.57 Å². The lowest BCUT2D eigenvalue weighted by atomic mass is 9.32. The number of carboxylic acid groups (broad SMARTS) is 1. The Morgan fingerprint density at radius 3 is 2.17 bits per heavy atom. The molecule has 5 nitrogen and oxygen atoms in total. The molecule has 0 saturated heterocycles. The summed E-state index contributed by atoms with van der Waals surface area (Å²) in [6.07, 6.45) is 13.8. The van der Waals surface area contributed by atoms with E-state index >= 15 is 0 Å². The Bertz CT molecular complexity index is 1650. The standard InChI is InChI=1S/C41H57NO4S/c1-25(2)29-17-22-41(36(45)42-47(8,46)28-13-14-28)24-23-39(6)31(34(29)41)15-16-33-38(5)20-18-30(26-9-11-27(12-10-26)35(43)44)37(3,4)32(38)19-21-40(33,39)7/h9-12,18,28-29,31-34H,1,8,13-17,19-24H2,2-7H3,(H,43,44)(H,42,45,46)/t29-,31+,32-,33+,34+,38-,39+,40+,41-,47?/m0/s1. The minimum atomic E-state index is -2.61. The lowest BCUT2D eigenvalue weighted by Crippen LogP contribution is -2.66. The van der Waals surface area contributed by atoms with Crippen molar-refractivity contribution >= 4 is 33.0 Å². The molecule has 2 N–H and O–H groups in total. The SMILES string of the molecule is C=C(C)[C@@H]1CC[C@]2(C(=O)NS(=C)(=O)C3CC3)CC[C@]3(C)[C@H](CC[C@@H]4[C@@]5(C)CC=C(c6ccc(C(=O)O)cc6)C(C)(C)[C@@H]5CC[C@]43C)[C@@H]12. The van der Waals surface area contributed by atoms with Gasteiger partial charge in [-0.15, -0.1) is 0 Å². The molecule has 0 bridgehead atoms. The summed E-state index contributed by atoms with van der Waals surface area (Å²) in [4.78, 5) is 25.9. The normalized spacial score (nSPS) is 43.2. The second kappa shape index (κ2) is 10.6. The van der Waals surface area contributed by atoms with Crippen LogP contribution in [0.2, 0.25) is 0 Å². The Morgan fingerprint density at radius 1 is 0.872 bits per heavy atom. The second-order valence-corrected chi connectivity index (χ2v) is 20.4. The summed E-state index contributed by atoms with van der Waals surface area (Å²) in [5, 5.41) is 9.50. The van der Waals surface area contributed by atoms with Crippen molar-refractivity contribution in [1.29, 1.82) is 0 Å². The van der Waals surface area contributed by atoms with Crippen LogP contribution in [0.15, 0.2) is 42.5 Å².